The highest BCUT2D eigenvalue weighted by atomic mass is 19.4. The number of nitrogens with zero attached hydrogens (tertiary/aromatic N) is 1. The molecule has 0 saturated carbocycles. The van der Waals surface area contributed by atoms with Gasteiger partial charge < -0.3 is 9.52 Å². The van der Waals surface area contributed by atoms with E-state index < -0.39 is 17.7 Å². The zero-order valence-corrected chi connectivity index (χ0v) is 9.65. The molecular weight excluding hydrogens is 263 g/mol. The minimum Gasteiger partial charge on any atom is -0.476 e. The van der Waals surface area contributed by atoms with Crippen LogP contribution in [0.25, 0.3) is 11.5 Å². The Morgan fingerprint density at radius 3 is 2.58 bits per heavy atom. The lowest BCUT2D eigenvalue weighted by molar-refractivity contribution is -0.137. The average Bonchev–Trinajstić information content (AvgIpc) is 2.70. The fourth-order valence-electron chi connectivity index (χ4n) is 1.55. The number of aromatic carboxylic acids is 1. The summed E-state index contributed by atoms with van der Waals surface area (Å²) in [4.78, 5) is 14.5. The highest BCUT2D eigenvalue weighted by Gasteiger charge is 2.31. The van der Waals surface area contributed by atoms with Crippen molar-refractivity contribution < 1.29 is 27.5 Å². The number of halogens is 3. The third-order valence-electron chi connectivity index (χ3n) is 2.44. The first-order chi connectivity index (χ1) is 8.79. The Kier molecular flexibility index (Phi) is 3.05. The van der Waals surface area contributed by atoms with Crippen LogP contribution in [0.1, 0.15) is 21.8 Å². The first kappa shape index (κ1) is 13.1. The van der Waals surface area contributed by atoms with Gasteiger partial charge in [-0.15, -0.1) is 0 Å². The lowest BCUT2D eigenvalue weighted by Gasteiger charge is -2.06. The van der Waals surface area contributed by atoms with E-state index in [0.29, 0.717) is 0 Å². The molecule has 0 aliphatic rings. The summed E-state index contributed by atoms with van der Waals surface area (Å²) >= 11 is 0. The van der Waals surface area contributed by atoms with Crippen LogP contribution in [0.4, 0.5) is 13.2 Å². The summed E-state index contributed by atoms with van der Waals surface area (Å²) in [5, 5.41) is 8.81. The molecule has 0 saturated heterocycles. The zero-order chi connectivity index (χ0) is 14.2. The molecule has 0 aliphatic carbocycles. The molecule has 0 fully saturated rings. The molecule has 0 bridgehead atoms. The number of carboxylic acids is 1. The van der Waals surface area contributed by atoms with E-state index in [0.717, 1.165) is 12.1 Å². The summed E-state index contributed by atoms with van der Waals surface area (Å²) in [6.45, 7) is 1.38. The maximum Gasteiger partial charge on any atom is 0.416 e. The predicted octanol–water partition coefficient (Wildman–Crippen LogP) is 3.37. The minimum absolute atomic E-state index is 0.0416. The van der Waals surface area contributed by atoms with E-state index >= 15 is 0 Å². The number of aromatic nitrogens is 1. The first-order valence-electron chi connectivity index (χ1n) is 5.17. The quantitative estimate of drug-likeness (QED) is 0.909. The molecule has 2 rings (SSSR count). The Hall–Kier alpha value is -2.31. The number of carboxylic acid groups (broad SMARTS) is 1. The van der Waals surface area contributed by atoms with E-state index in [-0.39, 0.29) is 22.9 Å². The maximum atomic E-state index is 12.6. The van der Waals surface area contributed by atoms with Crippen LogP contribution in [0, 0.1) is 6.92 Å². The van der Waals surface area contributed by atoms with Crippen LogP contribution < -0.4 is 0 Å². The van der Waals surface area contributed by atoms with Crippen molar-refractivity contribution in [2.45, 2.75) is 13.1 Å². The van der Waals surface area contributed by atoms with Gasteiger partial charge in [-0.1, -0.05) is 6.07 Å². The number of rotatable bonds is 2. The van der Waals surface area contributed by atoms with Crippen molar-refractivity contribution >= 4 is 5.97 Å². The molecule has 0 atom stereocenters. The Labute approximate surface area is 105 Å². The number of oxazole rings is 1. The van der Waals surface area contributed by atoms with Gasteiger partial charge in [0.25, 0.3) is 0 Å². The number of benzene rings is 1. The van der Waals surface area contributed by atoms with Gasteiger partial charge in [0.15, 0.2) is 5.69 Å². The highest BCUT2D eigenvalue weighted by Crippen LogP contribution is 2.32. The summed E-state index contributed by atoms with van der Waals surface area (Å²) < 4.78 is 42.7. The molecular formula is C12H8F3NO3. The van der Waals surface area contributed by atoms with Crippen LogP contribution in [0.5, 0.6) is 0 Å². The molecule has 1 heterocycles. The lowest BCUT2D eigenvalue weighted by atomic mass is 10.1. The van der Waals surface area contributed by atoms with Crippen LogP contribution in [-0.4, -0.2) is 16.1 Å². The largest absolute Gasteiger partial charge is 0.476 e. The molecule has 0 amide bonds. The molecule has 100 valence electrons. The van der Waals surface area contributed by atoms with Gasteiger partial charge >= 0.3 is 12.1 Å². The van der Waals surface area contributed by atoms with Gasteiger partial charge in [-0.05, 0) is 25.1 Å². The van der Waals surface area contributed by atoms with Gasteiger partial charge in [-0.25, -0.2) is 9.78 Å². The number of carbonyl (C=O) groups is 1. The van der Waals surface area contributed by atoms with Crippen molar-refractivity contribution in [1.29, 1.82) is 0 Å². The molecule has 4 nitrogen and oxygen atoms in total. The van der Waals surface area contributed by atoms with Gasteiger partial charge in [0.2, 0.25) is 5.89 Å². The zero-order valence-electron chi connectivity index (χ0n) is 9.65. The highest BCUT2D eigenvalue weighted by molar-refractivity contribution is 5.87. The van der Waals surface area contributed by atoms with E-state index in [1.807, 2.05) is 0 Å². The summed E-state index contributed by atoms with van der Waals surface area (Å²) in [6.07, 6.45) is -4.48. The number of hydrogen-bond acceptors (Lipinski definition) is 3. The normalized spacial score (nSPS) is 11.6. The van der Waals surface area contributed by atoms with Crippen LogP contribution in [0.15, 0.2) is 28.7 Å². The molecule has 0 unspecified atom stereocenters. The molecule has 1 N–H and O–H groups in total. The fraction of sp³-hybridized carbons (Fsp3) is 0.167. The van der Waals surface area contributed by atoms with E-state index in [4.69, 9.17) is 9.52 Å². The van der Waals surface area contributed by atoms with Crippen molar-refractivity contribution in [3.05, 3.63) is 41.3 Å². The first-order valence-corrected chi connectivity index (χ1v) is 5.17. The van der Waals surface area contributed by atoms with Crippen LogP contribution in [-0.2, 0) is 6.18 Å². The SMILES string of the molecule is Cc1oc(-c2cccc(C(F)(F)F)c2)nc1C(=O)O. The van der Waals surface area contributed by atoms with Crippen molar-refractivity contribution in [2.24, 2.45) is 0 Å². The van der Waals surface area contributed by atoms with Gasteiger partial charge in [-0.3, -0.25) is 0 Å². The fourth-order valence-corrected chi connectivity index (χ4v) is 1.55. The molecule has 2 aromatic rings. The second-order valence-electron chi connectivity index (χ2n) is 3.81. The smallest absolute Gasteiger partial charge is 0.416 e. The second kappa shape index (κ2) is 4.42. The van der Waals surface area contributed by atoms with Gasteiger partial charge in [0, 0.05) is 5.56 Å². The van der Waals surface area contributed by atoms with Crippen LogP contribution in [0.3, 0.4) is 0 Å². The van der Waals surface area contributed by atoms with Crippen molar-refractivity contribution in [2.75, 3.05) is 0 Å². The number of aryl methyl sites for hydroxylation is 1. The van der Waals surface area contributed by atoms with E-state index in [1.54, 1.807) is 0 Å². The van der Waals surface area contributed by atoms with Crippen molar-refractivity contribution in [1.82, 2.24) is 4.98 Å². The second-order valence-corrected chi connectivity index (χ2v) is 3.81. The third kappa shape index (κ3) is 2.59. The van der Waals surface area contributed by atoms with Gasteiger partial charge in [-0.2, -0.15) is 13.2 Å². The summed E-state index contributed by atoms with van der Waals surface area (Å²) in [5.74, 6) is -1.40. The predicted molar refractivity (Wildman–Crippen MR) is 58.6 cm³/mol. The monoisotopic (exact) mass is 271 g/mol. The summed E-state index contributed by atoms with van der Waals surface area (Å²) in [6, 6.07) is 4.35. The van der Waals surface area contributed by atoms with Gasteiger partial charge in [0.05, 0.1) is 5.56 Å². The van der Waals surface area contributed by atoms with Crippen molar-refractivity contribution in [3.63, 3.8) is 0 Å². The standard InChI is InChI=1S/C12H8F3NO3/c1-6-9(11(17)18)16-10(19-6)7-3-2-4-8(5-7)12(13,14)15/h2-5H,1H3,(H,17,18). The van der Waals surface area contributed by atoms with E-state index in [9.17, 15) is 18.0 Å². The molecule has 1 aromatic heterocycles. The minimum atomic E-state index is -4.48. The van der Waals surface area contributed by atoms with Crippen molar-refractivity contribution in [3.8, 4) is 11.5 Å². The van der Waals surface area contributed by atoms with Crippen LogP contribution >= 0.6 is 0 Å². The van der Waals surface area contributed by atoms with E-state index in [1.165, 1.54) is 19.1 Å². The molecule has 0 spiro atoms. The molecule has 0 radical (unpaired) electrons. The van der Waals surface area contributed by atoms with Gasteiger partial charge in [0.1, 0.15) is 5.76 Å². The molecule has 7 heteroatoms. The molecule has 1 aromatic carbocycles. The Balaban J connectivity index is 2.48. The lowest BCUT2D eigenvalue weighted by Crippen LogP contribution is -2.04. The number of hydrogen-bond donors (Lipinski definition) is 1. The summed E-state index contributed by atoms with van der Waals surface area (Å²) in [5.41, 5.74) is -1.09. The Bertz CT molecular complexity index is 631. The molecule has 0 aliphatic heterocycles. The Morgan fingerprint density at radius 1 is 1.37 bits per heavy atom. The number of alkyl halides is 3. The Morgan fingerprint density at radius 2 is 2.05 bits per heavy atom. The molecule has 19 heavy (non-hydrogen) atoms. The topological polar surface area (TPSA) is 63.3 Å². The maximum absolute atomic E-state index is 12.6. The summed E-state index contributed by atoms with van der Waals surface area (Å²) in [7, 11) is 0. The van der Waals surface area contributed by atoms with E-state index in [2.05, 4.69) is 4.98 Å². The van der Waals surface area contributed by atoms with Crippen LogP contribution in [0.2, 0.25) is 0 Å². The average molecular weight is 271 g/mol. The third-order valence-corrected chi connectivity index (χ3v) is 2.44.